The van der Waals surface area contributed by atoms with Crippen molar-refractivity contribution in [3.8, 4) is 35.2 Å². The molecule has 0 atom stereocenters. The second kappa shape index (κ2) is 17.9. The fourth-order valence-corrected chi connectivity index (χ4v) is 3.68. The van der Waals surface area contributed by atoms with Crippen molar-refractivity contribution in [1.29, 1.82) is 0 Å². The van der Waals surface area contributed by atoms with Gasteiger partial charge in [0.1, 0.15) is 24.7 Å². The molecule has 0 fully saturated rings. The standard InChI is InChI=1S/C36H34O5/c1-3-11-31(12-4-1)19-21-33-15-7-9-17-35(33)40-29-27-38-25-23-37-24-26-39-28-30-41-36-18-10-8-16-34(36)22-20-32-13-5-2-6-14-32/h1-18H,23-30H2. The predicted molar refractivity (Wildman–Crippen MR) is 161 cm³/mol. The summed E-state index contributed by atoms with van der Waals surface area (Å²) in [7, 11) is 0. The van der Waals surface area contributed by atoms with E-state index in [0.29, 0.717) is 52.9 Å². The van der Waals surface area contributed by atoms with Crippen LogP contribution in [-0.2, 0) is 14.2 Å². The first-order valence-electron chi connectivity index (χ1n) is 13.7. The summed E-state index contributed by atoms with van der Waals surface area (Å²) < 4.78 is 28.6. The second-order valence-electron chi connectivity index (χ2n) is 8.76. The van der Waals surface area contributed by atoms with Gasteiger partial charge < -0.3 is 23.7 Å². The van der Waals surface area contributed by atoms with Crippen molar-refractivity contribution in [2.45, 2.75) is 0 Å². The third kappa shape index (κ3) is 11.2. The van der Waals surface area contributed by atoms with Gasteiger partial charge in [0.2, 0.25) is 0 Å². The van der Waals surface area contributed by atoms with Crippen molar-refractivity contribution < 1.29 is 23.7 Å². The van der Waals surface area contributed by atoms with E-state index in [-0.39, 0.29) is 0 Å². The van der Waals surface area contributed by atoms with Crippen molar-refractivity contribution in [3.05, 3.63) is 131 Å². The maximum Gasteiger partial charge on any atom is 0.135 e. The largest absolute Gasteiger partial charge is 0.490 e. The van der Waals surface area contributed by atoms with Gasteiger partial charge in [-0.3, -0.25) is 0 Å². The van der Waals surface area contributed by atoms with Crippen LogP contribution in [0.4, 0.5) is 0 Å². The zero-order valence-corrected chi connectivity index (χ0v) is 23.1. The minimum absolute atomic E-state index is 0.439. The van der Waals surface area contributed by atoms with E-state index in [4.69, 9.17) is 23.7 Å². The maximum atomic E-state index is 5.87. The highest BCUT2D eigenvalue weighted by Crippen LogP contribution is 2.18. The quantitative estimate of drug-likeness (QED) is 0.144. The molecule has 41 heavy (non-hydrogen) atoms. The van der Waals surface area contributed by atoms with E-state index < -0.39 is 0 Å². The Morgan fingerprint density at radius 1 is 0.341 bits per heavy atom. The first kappa shape index (κ1) is 29.5. The van der Waals surface area contributed by atoms with Gasteiger partial charge in [0, 0.05) is 11.1 Å². The molecular formula is C36H34O5. The average molecular weight is 547 g/mol. The average Bonchev–Trinajstić information content (AvgIpc) is 3.03. The SMILES string of the molecule is C(#Cc1ccccc1OCCOCCOCCOCCOc1ccccc1C#Cc1ccccc1)c1ccccc1. The summed E-state index contributed by atoms with van der Waals surface area (Å²) in [6, 6.07) is 35.3. The fraction of sp³-hybridized carbons (Fsp3) is 0.222. The minimum atomic E-state index is 0.439. The van der Waals surface area contributed by atoms with E-state index in [1.165, 1.54) is 0 Å². The lowest BCUT2D eigenvalue weighted by atomic mass is 10.1. The Kier molecular flexibility index (Phi) is 12.9. The normalized spacial score (nSPS) is 10.1. The Morgan fingerprint density at radius 3 is 1.10 bits per heavy atom. The third-order valence-corrected chi connectivity index (χ3v) is 5.72. The summed E-state index contributed by atoms with van der Waals surface area (Å²) in [5.41, 5.74) is 3.64. The lowest BCUT2D eigenvalue weighted by Crippen LogP contribution is -2.14. The van der Waals surface area contributed by atoms with Crippen LogP contribution in [0.1, 0.15) is 22.3 Å². The molecule has 0 spiro atoms. The molecule has 0 radical (unpaired) electrons. The summed E-state index contributed by atoms with van der Waals surface area (Å²) in [6.45, 7) is 3.77. The van der Waals surface area contributed by atoms with Crippen LogP contribution in [-0.4, -0.2) is 52.9 Å². The third-order valence-electron chi connectivity index (χ3n) is 5.72. The zero-order chi connectivity index (χ0) is 28.2. The smallest absolute Gasteiger partial charge is 0.135 e. The van der Waals surface area contributed by atoms with Gasteiger partial charge in [-0.05, 0) is 48.5 Å². The zero-order valence-electron chi connectivity index (χ0n) is 23.1. The number of rotatable bonds is 14. The molecule has 0 aliphatic rings. The Bertz CT molecular complexity index is 1320. The molecule has 0 unspecified atom stereocenters. The molecule has 4 rings (SSSR count). The Labute approximate surface area is 243 Å². The number of hydrogen-bond donors (Lipinski definition) is 0. The van der Waals surface area contributed by atoms with Crippen LogP contribution in [0.15, 0.2) is 109 Å². The molecule has 4 aromatic carbocycles. The first-order chi connectivity index (χ1) is 20.4. The van der Waals surface area contributed by atoms with Crippen LogP contribution < -0.4 is 9.47 Å². The van der Waals surface area contributed by atoms with Crippen LogP contribution in [0.2, 0.25) is 0 Å². The summed E-state index contributed by atoms with van der Waals surface area (Å²) in [5.74, 6) is 14.2. The van der Waals surface area contributed by atoms with Gasteiger partial charge in [-0.15, -0.1) is 0 Å². The van der Waals surface area contributed by atoms with Gasteiger partial charge in [0.15, 0.2) is 0 Å². The summed E-state index contributed by atoms with van der Waals surface area (Å²) in [6.07, 6.45) is 0. The van der Waals surface area contributed by atoms with Crippen LogP contribution in [0.25, 0.3) is 0 Å². The number of hydrogen-bond acceptors (Lipinski definition) is 5. The predicted octanol–water partition coefficient (Wildman–Crippen LogP) is 5.99. The lowest BCUT2D eigenvalue weighted by Gasteiger charge is -2.10. The Balaban J connectivity index is 1.02. The molecule has 0 aromatic heterocycles. The Morgan fingerprint density at radius 2 is 0.683 bits per heavy atom. The highest BCUT2D eigenvalue weighted by molar-refractivity contribution is 5.50. The number of para-hydroxylation sites is 2. The molecular weight excluding hydrogens is 512 g/mol. The van der Waals surface area contributed by atoms with Crippen molar-refractivity contribution in [2.24, 2.45) is 0 Å². The van der Waals surface area contributed by atoms with Gasteiger partial charge in [-0.2, -0.15) is 0 Å². The van der Waals surface area contributed by atoms with Crippen molar-refractivity contribution in [2.75, 3.05) is 52.9 Å². The summed E-state index contributed by atoms with van der Waals surface area (Å²) >= 11 is 0. The molecule has 0 aliphatic heterocycles. The number of benzene rings is 4. The van der Waals surface area contributed by atoms with E-state index in [9.17, 15) is 0 Å². The van der Waals surface area contributed by atoms with Gasteiger partial charge in [-0.1, -0.05) is 84.3 Å². The molecule has 5 nitrogen and oxygen atoms in total. The molecule has 0 heterocycles. The highest BCUT2D eigenvalue weighted by Gasteiger charge is 2.02. The summed E-state index contributed by atoms with van der Waals surface area (Å²) in [4.78, 5) is 0. The monoisotopic (exact) mass is 546 g/mol. The van der Waals surface area contributed by atoms with Gasteiger partial charge in [0.05, 0.1) is 50.8 Å². The van der Waals surface area contributed by atoms with Gasteiger partial charge >= 0.3 is 0 Å². The molecule has 0 saturated carbocycles. The molecule has 0 aliphatic carbocycles. The van der Waals surface area contributed by atoms with Crippen LogP contribution in [0, 0.1) is 23.7 Å². The second-order valence-corrected chi connectivity index (χ2v) is 8.76. The maximum absolute atomic E-state index is 5.87. The van der Waals surface area contributed by atoms with Crippen molar-refractivity contribution in [1.82, 2.24) is 0 Å². The topological polar surface area (TPSA) is 46.2 Å². The molecule has 0 saturated heterocycles. The first-order valence-corrected chi connectivity index (χ1v) is 13.7. The highest BCUT2D eigenvalue weighted by atomic mass is 16.6. The number of ether oxygens (including phenoxy) is 5. The van der Waals surface area contributed by atoms with Crippen LogP contribution in [0.3, 0.4) is 0 Å². The van der Waals surface area contributed by atoms with Crippen LogP contribution >= 0.6 is 0 Å². The molecule has 5 heteroatoms. The fourth-order valence-electron chi connectivity index (χ4n) is 3.68. The van der Waals surface area contributed by atoms with E-state index in [1.807, 2.05) is 109 Å². The minimum Gasteiger partial charge on any atom is -0.490 e. The molecule has 0 bridgehead atoms. The van der Waals surface area contributed by atoms with Crippen LogP contribution in [0.5, 0.6) is 11.5 Å². The van der Waals surface area contributed by atoms with E-state index in [1.54, 1.807) is 0 Å². The molecule has 208 valence electrons. The molecule has 0 N–H and O–H groups in total. The molecule has 0 amide bonds. The summed E-state index contributed by atoms with van der Waals surface area (Å²) in [5, 5.41) is 0. The van der Waals surface area contributed by atoms with Crippen molar-refractivity contribution >= 4 is 0 Å². The van der Waals surface area contributed by atoms with Gasteiger partial charge in [0.25, 0.3) is 0 Å². The van der Waals surface area contributed by atoms with Gasteiger partial charge in [-0.25, -0.2) is 0 Å². The van der Waals surface area contributed by atoms with Crippen molar-refractivity contribution in [3.63, 3.8) is 0 Å². The lowest BCUT2D eigenvalue weighted by molar-refractivity contribution is 0.00497. The molecule has 4 aromatic rings. The van der Waals surface area contributed by atoms with E-state index in [0.717, 1.165) is 33.8 Å². The van der Waals surface area contributed by atoms with E-state index in [2.05, 4.69) is 23.7 Å². The Hall–Kier alpha value is -4.52. The van der Waals surface area contributed by atoms with E-state index >= 15 is 0 Å².